The molecule has 0 spiro atoms. The van der Waals surface area contributed by atoms with Gasteiger partial charge in [0.2, 0.25) is 0 Å². The van der Waals surface area contributed by atoms with Crippen molar-refractivity contribution in [2.45, 2.75) is 19.1 Å². The third kappa shape index (κ3) is 1.87. The Labute approximate surface area is 85.8 Å². The van der Waals surface area contributed by atoms with Gasteiger partial charge >= 0.3 is 0 Å². The smallest absolute Gasteiger partial charge is 0.269 e. The molecule has 1 aliphatic heterocycles. The van der Waals surface area contributed by atoms with E-state index in [2.05, 4.69) is 0 Å². The third-order valence-corrected chi connectivity index (χ3v) is 2.30. The highest BCUT2D eigenvalue weighted by Crippen LogP contribution is 2.39. The third-order valence-electron chi connectivity index (χ3n) is 2.30. The van der Waals surface area contributed by atoms with E-state index in [1.807, 2.05) is 0 Å². The number of hydrogen-bond donors (Lipinski definition) is 0. The van der Waals surface area contributed by atoms with Gasteiger partial charge in [-0.1, -0.05) is 12.1 Å². The Morgan fingerprint density at radius 1 is 1.53 bits per heavy atom. The second kappa shape index (κ2) is 3.43. The summed E-state index contributed by atoms with van der Waals surface area (Å²) in [6.07, 6.45) is -0.727. The standard InChI is InChI=1S/C10H9NO4/c1-6(12)9-10(15-9)7-3-2-4-8(5-7)11(13)14/h2-5,9-10H,1H3/t9-,10+/m0/s1. The molecule has 1 aromatic carbocycles. The molecule has 0 aliphatic carbocycles. The number of epoxide rings is 1. The van der Waals surface area contributed by atoms with Crippen LogP contribution in [-0.4, -0.2) is 16.8 Å². The summed E-state index contributed by atoms with van der Waals surface area (Å²) in [5.41, 5.74) is 0.703. The Morgan fingerprint density at radius 3 is 2.80 bits per heavy atom. The Kier molecular flexibility index (Phi) is 2.24. The molecule has 2 rings (SSSR count). The lowest BCUT2D eigenvalue weighted by Gasteiger charge is -1.95. The maximum atomic E-state index is 10.9. The van der Waals surface area contributed by atoms with Gasteiger partial charge in [-0.15, -0.1) is 0 Å². The maximum absolute atomic E-state index is 10.9. The molecule has 0 radical (unpaired) electrons. The van der Waals surface area contributed by atoms with E-state index in [0.717, 1.165) is 0 Å². The Bertz CT molecular complexity index is 429. The molecule has 0 aromatic heterocycles. The Hall–Kier alpha value is -1.75. The van der Waals surface area contributed by atoms with Crippen molar-refractivity contribution in [3.63, 3.8) is 0 Å². The molecule has 5 heteroatoms. The summed E-state index contributed by atoms with van der Waals surface area (Å²) in [6.45, 7) is 1.45. The number of benzene rings is 1. The molecular formula is C10H9NO4. The average Bonchev–Trinajstić information content (AvgIpc) is 2.97. The van der Waals surface area contributed by atoms with Gasteiger partial charge < -0.3 is 4.74 Å². The minimum absolute atomic E-state index is 0.0188. The molecule has 78 valence electrons. The fourth-order valence-electron chi connectivity index (χ4n) is 1.49. The minimum atomic E-state index is -0.464. The van der Waals surface area contributed by atoms with Gasteiger partial charge in [-0.25, -0.2) is 0 Å². The number of carbonyl (C=O) groups excluding carboxylic acids is 1. The van der Waals surface area contributed by atoms with E-state index in [0.29, 0.717) is 5.56 Å². The van der Waals surface area contributed by atoms with E-state index in [1.54, 1.807) is 12.1 Å². The van der Waals surface area contributed by atoms with Gasteiger partial charge in [0.05, 0.1) is 4.92 Å². The fourth-order valence-corrected chi connectivity index (χ4v) is 1.49. The first-order valence-corrected chi connectivity index (χ1v) is 4.50. The lowest BCUT2D eigenvalue weighted by atomic mass is 10.1. The van der Waals surface area contributed by atoms with E-state index in [1.165, 1.54) is 19.1 Å². The summed E-state index contributed by atoms with van der Waals surface area (Å²) < 4.78 is 5.13. The molecule has 0 bridgehead atoms. The molecule has 0 unspecified atom stereocenters. The molecular weight excluding hydrogens is 198 g/mol. The van der Waals surface area contributed by atoms with Crippen LogP contribution in [0, 0.1) is 10.1 Å². The molecule has 15 heavy (non-hydrogen) atoms. The van der Waals surface area contributed by atoms with Crippen molar-refractivity contribution < 1.29 is 14.5 Å². The van der Waals surface area contributed by atoms with Gasteiger partial charge in [0.25, 0.3) is 5.69 Å². The topological polar surface area (TPSA) is 72.7 Å². The van der Waals surface area contributed by atoms with Crippen LogP contribution in [0.15, 0.2) is 24.3 Å². The van der Waals surface area contributed by atoms with Crippen molar-refractivity contribution in [1.29, 1.82) is 0 Å². The first-order valence-electron chi connectivity index (χ1n) is 4.50. The van der Waals surface area contributed by atoms with Crippen LogP contribution in [0.2, 0.25) is 0 Å². The first-order chi connectivity index (χ1) is 7.09. The van der Waals surface area contributed by atoms with Crippen molar-refractivity contribution in [2.24, 2.45) is 0 Å². The highest BCUT2D eigenvalue weighted by atomic mass is 16.6. The van der Waals surface area contributed by atoms with Crippen molar-refractivity contribution in [3.8, 4) is 0 Å². The van der Waals surface area contributed by atoms with Crippen molar-refractivity contribution in [2.75, 3.05) is 0 Å². The van der Waals surface area contributed by atoms with Gasteiger partial charge in [-0.2, -0.15) is 0 Å². The average molecular weight is 207 g/mol. The van der Waals surface area contributed by atoms with Crippen LogP contribution < -0.4 is 0 Å². The van der Waals surface area contributed by atoms with Crippen molar-refractivity contribution in [1.82, 2.24) is 0 Å². The molecule has 1 fully saturated rings. The number of nitro groups is 1. The number of Topliss-reactive ketones (excluding diaryl/α,β-unsaturated/α-hetero) is 1. The number of hydrogen-bond acceptors (Lipinski definition) is 4. The van der Waals surface area contributed by atoms with Gasteiger partial charge in [-0.3, -0.25) is 14.9 Å². The summed E-state index contributed by atoms with van der Waals surface area (Å²) in [7, 11) is 0. The quantitative estimate of drug-likeness (QED) is 0.429. The predicted molar refractivity (Wildman–Crippen MR) is 51.4 cm³/mol. The Balaban J connectivity index is 2.20. The summed E-state index contributed by atoms with van der Waals surface area (Å²) in [5, 5.41) is 10.5. The van der Waals surface area contributed by atoms with Gasteiger partial charge in [0.1, 0.15) is 12.2 Å². The number of ketones is 1. The van der Waals surface area contributed by atoms with E-state index in [4.69, 9.17) is 4.74 Å². The summed E-state index contributed by atoms with van der Waals surface area (Å²) in [6, 6.07) is 6.16. The first kappa shape index (κ1) is 9.79. The van der Waals surface area contributed by atoms with Crippen LogP contribution in [0.1, 0.15) is 18.6 Å². The fraction of sp³-hybridized carbons (Fsp3) is 0.300. The molecule has 2 atom stereocenters. The van der Waals surface area contributed by atoms with E-state index < -0.39 is 11.0 Å². The van der Waals surface area contributed by atoms with Crippen LogP contribution in [0.25, 0.3) is 0 Å². The van der Waals surface area contributed by atoms with Crippen molar-refractivity contribution in [3.05, 3.63) is 39.9 Å². The molecule has 5 nitrogen and oxygen atoms in total. The van der Waals surface area contributed by atoms with Crippen LogP contribution in [0.3, 0.4) is 0 Å². The van der Waals surface area contributed by atoms with Gasteiger partial charge in [-0.05, 0) is 12.5 Å². The molecule has 1 saturated heterocycles. The molecule has 1 aliphatic rings. The van der Waals surface area contributed by atoms with Crippen molar-refractivity contribution >= 4 is 11.5 Å². The Morgan fingerprint density at radius 2 is 2.27 bits per heavy atom. The van der Waals surface area contributed by atoms with Gasteiger partial charge in [0.15, 0.2) is 5.78 Å². The highest BCUT2D eigenvalue weighted by molar-refractivity contribution is 5.83. The number of carbonyl (C=O) groups is 1. The molecule has 1 aromatic rings. The minimum Gasteiger partial charge on any atom is -0.356 e. The summed E-state index contributed by atoms with van der Waals surface area (Å²) >= 11 is 0. The number of non-ortho nitro benzene ring substituents is 1. The second-order valence-electron chi connectivity index (χ2n) is 3.44. The monoisotopic (exact) mass is 207 g/mol. The van der Waals surface area contributed by atoms with Crippen LogP contribution in [-0.2, 0) is 9.53 Å². The zero-order valence-electron chi connectivity index (χ0n) is 8.04. The highest BCUT2D eigenvalue weighted by Gasteiger charge is 2.44. The van der Waals surface area contributed by atoms with E-state index in [-0.39, 0.29) is 17.6 Å². The van der Waals surface area contributed by atoms with E-state index in [9.17, 15) is 14.9 Å². The second-order valence-corrected chi connectivity index (χ2v) is 3.44. The van der Waals surface area contributed by atoms with Crippen LogP contribution in [0.5, 0.6) is 0 Å². The number of ether oxygens (including phenoxy) is 1. The van der Waals surface area contributed by atoms with Gasteiger partial charge in [0, 0.05) is 12.1 Å². The maximum Gasteiger partial charge on any atom is 0.269 e. The molecule has 1 heterocycles. The molecule has 0 N–H and O–H groups in total. The summed E-state index contributed by atoms with van der Waals surface area (Å²) in [4.78, 5) is 21.0. The zero-order chi connectivity index (χ0) is 11.0. The number of nitrogens with zero attached hydrogens (tertiary/aromatic N) is 1. The SMILES string of the molecule is CC(=O)[C@@H]1O[C@@H]1c1cccc([N+](=O)[O-])c1. The zero-order valence-corrected chi connectivity index (χ0v) is 8.04. The van der Waals surface area contributed by atoms with Crippen LogP contribution >= 0.6 is 0 Å². The molecule has 0 amide bonds. The summed E-state index contributed by atoms with van der Waals surface area (Å²) in [5.74, 6) is -0.0495. The lowest BCUT2D eigenvalue weighted by Crippen LogP contribution is -2.01. The largest absolute Gasteiger partial charge is 0.356 e. The number of nitro benzene ring substituents is 1. The van der Waals surface area contributed by atoms with E-state index >= 15 is 0 Å². The lowest BCUT2D eigenvalue weighted by molar-refractivity contribution is -0.384. The number of rotatable bonds is 3. The normalized spacial score (nSPS) is 23.5. The molecule has 0 saturated carbocycles. The predicted octanol–water partition coefficient (Wildman–Crippen LogP) is 1.62. The van der Waals surface area contributed by atoms with Crippen LogP contribution in [0.4, 0.5) is 5.69 Å².